The van der Waals surface area contributed by atoms with E-state index < -0.39 is 27.9 Å². The molecule has 12 heteroatoms. The Hall–Kier alpha value is -2.76. The van der Waals surface area contributed by atoms with Crippen LogP contribution in [0.4, 0.5) is 24.0 Å². The molecule has 3 aromatic rings. The Labute approximate surface area is 206 Å². The minimum atomic E-state index is -4.81. The lowest BCUT2D eigenvalue weighted by molar-refractivity contribution is -0.383. The van der Waals surface area contributed by atoms with Crippen LogP contribution in [0.2, 0.25) is 5.02 Å². The van der Waals surface area contributed by atoms with Crippen LogP contribution in [0.5, 0.6) is 0 Å². The van der Waals surface area contributed by atoms with Crippen molar-refractivity contribution in [2.45, 2.75) is 25.6 Å². The number of nitro groups is 1. The molecule has 0 saturated carbocycles. The van der Waals surface area contributed by atoms with Crippen LogP contribution in [0.25, 0.3) is 10.1 Å². The standard InChI is InChI=1S/C23H20ClF3N4O3S/c24-16-3-1-2-14(8-16)11-29-12-22(13-29)4-6-30(7-5-22)21-28-20(32)17-9-15(23(25,26)27)10-18(31(33)34)19(17)35-21/h1-3,8-10H,4-7,11-13H2. The largest absolute Gasteiger partial charge is 0.416 e. The van der Waals surface area contributed by atoms with Gasteiger partial charge in [-0.05, 0) is 42.0 Å². The van der Waals surface area contributed by atoms with Crippen molar-refractivity contribution in [3.05, 3.63) is 73.0 Å². The molecule has 3 heterocycles. The van der Waals surface area contributed by atoms with Gasteiger partial charge in [0.1, 0.15) is 4.70 Å². The van der Waals surface area contributed by atoms with Crippen LogP contribution >= 0.6 is 22.9 Å². The molecule has 7 nitrogen and oxygen atoms in total. The average Bonchev–Trinajstić information content (AvgIpc) is 2.77. The normalized spacial score (nSPS) is 18.1. The molecule has 2 aliphatic heterocycles. The molecule has 2 aromatic carbocycles. The molecule has 184 valence electrons. The number of fused-ring (bicyclic) bond motifs is 1. The van der Waals surface area contributed by atoms with Crippen molar-refractivity contribution in [1.82, 2.24) is 9.88 Å². The molecular weight excluding hydrogens is 505 g/mol. The number of rotatable bonds is 4. The first-order valence-corrected chi connectivity index (χ1v) is 12.1. The second-order valence-electron chi connectivity index (χ2n) is 9.19. The van der Waals surface area contributed by atoms with Crippen LogP contribution in [0, 0.1) is 15.5 Å². The molecule has 5 rings (SSSR count). The minimum absolute atomic E-state index is 0.0883. The fraction of sp³-hybridized carbons (Fsp3) is 0.391. The molecule has 0 radical (unpaired) electrons. The summed E-state index contributed by atoms with van der Waals surface area (Å²) in [7, 11) is 0. The molecule has 0 unspecified atom stereocenters. The van der Waals surface area contributed by atoms with Crippen molar-refractivity contribution in [3.63, 3.8) is 0 Å². The highest BCUT2D eigenvalue weighted by Gasteiger charge is 2.45. The monoisotopic (exact) mass is 524 g/mol. The molecule has 35 heavy (non-hydrogen) atoms. The molecule has 0 N–H and O–H groups in total. The van der Waals surface area contributed by atoms with Gasteiger partial charge in [0.2, 0.25) is 0 Å². The molecule has 0 amide bonds. The van der Waals surface area contributed by atoms with Crippen LogP contribution in [-0.4, -0.2) is 41.0 Å². The Balaban J connectivity index is 1.32. The van der Waals surface area contributed by atoms with Gasteiger partial charge in [0.05, 0.1) is 15.9 Å². The Morgan fingerprint density at radius 1 is 1.17 bits per heavy atom. The van der Waals surface area contributed by atoms with Gasteiger partial charge in [-0.1, -0.05) is 35.1 Å². The highest BCUT2D eigenvalue weighted by Crippen LogP contribution is 2.43. The summed E-state index contributed by atoms with van der Waals surface area (Å²) >= 11 is 6.96. The second kappa shape index (κ2) is 8.72. The molecule has 1 aromatic heterocycles. The third-order valence-electron chi connectivity index (χ3n) is 6.72. The summed E-state index contributed by atoms with van der Waals surface area (Å²) < 4.78 is 39.5. The third kappa shape index (κ3) is 4.72. The van der Waals surface area contributed by atoms with E-state index in [4.69, 9.17) is 11.6 Å². The number of anilines is 1. The number of nitrogens with zero attached hydrogens (tertiary/aromatic N) is 4. The van der Waals surface area contributed by atoms with E-state index in [2.05, 4.69) is 9.88 Å². The van der Waals surface area contributed by atoms with Crippen molar-refractivity contribution in [2.24, 2.45) is 5.41 Å². The number of piperidine rings is 1. The van der Waals surface area contributed by atoms with Crippen molar-refractivity contribution in [3.8, 4) is 0 Å². The predicted molar refractivity (Wildman–Crippen MR) is 128 cm³/mol. The van der Waals surface area contributed by atoms with Gasteiger partial charge in [0.15, 0.2) is 5.13 Å². The van der Waals surface area contributed by atoms with Crippen molar-refractivity contribution in [1.29, 1.82) is 0 Å². The third-order valence-corrected chi connectivity index (χ3v) is 8.12. The van der Waals surface area contributed by atoms with E-state index in [0.717, 1.165) is 49.4 Å². The number of hydrogen-bond acceptors (Lipinski definition) is 7. The topological polar surface area (TPSA) is 79.6 Å². The first kappa shape index (κ1) is 24.0. The van der Waals surface area contributed by atoms with E-state index in [-0.39, 0.29) is 15.5 Å². The lowest BCUT2D eigenvalue weighted by Crippen LogP contribution is -2.59. The molecular formula is C23H20ClF3N4O3S. The van der Waals surface area contributed by atoms with Crippen LogP contribution in [0.1, 0.15) is 24.0 Å². The maximum atomic E-state index is 13.2. The number of hydrogen-bond donors (Lipinski definition) is 0. The Bertz CT molecular complexity index is 1360. The zero-order valence-electron chi connectivity index (χ0n) is 18.3. The van der Waals surface area contributed by atoms with Gasteiger partial charge < -0.3 is 4.90 Å². The highest BCUT2D eigenvalue weighted by molar-refractivity contribution is 7.22. The van der Waals surface area contributed by atoms with Crippen molar-refractivity contribution >= 4 is 43.8 Å². The summed E-state index contributed by atoms with van der Waals surface area (Å²) in [6, 6.07) is 8.91. The summed E-state index contributed by atoms with van der Waals surface area (Å²) in [5.74, 6) is 0. The smallest absolute Gasteiger partial charge is 0.348 e. The maximum Gasteiger partial charge on any atom is 0.416 e. The van der Waals surface area contributed by atoms with E-state index in [0.29, 0.717) is 35.4 Å². The number of non-ortho nitro benzene ring substituents is 1. The summed E-state index contributed by atoms with van der Waals surface area (Å²) in [5.41, 5.74) is -1.53. The zero-order chi connectivity index (χ0) is 25.0. The fourth-order valence-electron chi connectivity index (χ4n) is 4.97. The fourth-order valence-corrected chi connectivity index (χ4v) is 6.30. The SMILES string of the molecule is O=c1nc(N2CCC3(CC2)CN(Cc2cccc(Cl)c2)C3)sc2c([N+](=O)[O-])cc(C(F)(F)F)cc12. The Morgan fingerprint density at radius 2 is 1.89 bits per heavy atom. The first-order valence-electron chi connectivity index (χ1n) is 11.0. The maximum absolute atomic E-state index is 13.2. The summed E-state index contributed by atoms with van der Waals surface area (Å²) in [6.45, 7) is 3.95. The average molecular weight is 525 g/mol. The second-order valence-corrected chi connectivity index (χ2v) is 10.6. The summed E-state index contributed by atoms with van der Waals surface area (Å²) in [4.78, 5) is 31.5. The number of likely N-dealkylation sites (tertiary alicyclic amines) is 1. The van der Waals surface area contributed by atoms with Gasteiger partial charge in [-0.15, -0.1) is 0 Å². The summed E-state index contributed by atoms with van der Waals surface area (Å²) in [5, 5.41) is 12.1. The predicted octanol–water partition coefficient (Wildman–Crippen LogP) is 5.34. The van der Waals surface area contributed by atoms with Crippen molar-refractivity contribution in [2.75, 3.05) is 31.1 Å². The van der Waals surface area contributed by atoms with Gasteiger partial charge in [-0.3, -0.25) is 19.8 Å². The molecule has 2 saturated heterocycles. The van der Waals surface area contributed by atoms with Gasteiger partial charge in [0, 0.05) is 43.8 Å². The number of nitro benzene ring substituents is 1. The van der Waals surface area contributed by atoms with E-state index >= 15 is 0 Å². The van der Waals surface area contributed by atoms with Crippen LogP contribution in [0.15, 0.2) is 41.2 Å². The summed E-state index contributed by atoms with van der Waals surface area (Å²) in [6.07, 6.45) is -3.07. The first-order chi connectivity index (χ1) is 16.5. The molecule has 2 fully saturated rings. The van der Waals surface area contributed by atoms with Gasteiger partial charge in [-0.25, -0.2) is 0 Å². The van der Waals surface area contributed by atoms with Gasteiger partial charge in [-0.2, -0.15) is 18.2 Å². The van der Waals surface area contributed by atoms with Crippen LogP contribution < -0.4 is 10.5 Å². The highest BCUT2D eigenvalue weighted by atomic mass is 35.5. The molecule has 0 aliphatic carbocycles. The number of alkyl halides is 3. The minimum Gasteiger partial charge on any atom is -0.348 e. The lowest BCUT2D eigenvalue weighted by Gasteiger charge is -2.54. The van der Waals surface area contributed by atoms with Crippen LogP contribution in [0.3, 0.4) is 0 Å². The molecule has 2 aliphatic rings. The number of benzene rings is 2. The van der Waals surface area contributed by atoms with E-state index in [1.165, 1.54) is 0 Å². The quantitative estimate of drug-likeness (QED) is 0.338. The molecule has 0 atom stereocenters. The van der Waals surface area contributed by atoms with Gasteiger partial charge >= 0.3 is 6.18 Å². The number of aromatic nitrogens is 1. The lowest BCUT2D eigenvalue weighted by atomic mass is 9.72. The molecule has 0 bridgehead atoms. The van der Waals surface area contributed by atoms with Crippen molar-refractivity contribution < 1.29 is 18.1 Å². The molecule has 1 spiro atoms. The number of halogens is 4. The van der Waals surface area contributed by atoms with Crippen LogP contribution in [-0.2, 0) is 12.7 Å². The van der Waals surface area contributed by atoms with Gasteiger partial charge in [0.25, 0.3) is 11.2 Å². The Morgan fingerprint density at radius 3 is 2.51 bits per heavy atom. The van der Waals surface area contributed by atoms with E-state index in [9.17, 15) is 28.1 Å². The van der Waals surface area contributed by atoms with E-state index in [1.54, 1.807) is 0 Å². The Kier molecular flexibility index (Phi) is 5.97. The van der Waals surface area contributed by atoms with E-state index in [1.807, 2.05) is 29.2 Å². The zero-order valence-corrected chi connectivity index (χ0v) is 19.9.